The molecule has 9 heteroatoms. The van der Waals surface area contributed by atoms with Crippen molar-refractivity contribution >= 4 is 38.4 Å². The number of nitrogens with zero attached hydrogens (tertiary/aromatic N) is 2. The molecule has 0 radical (unpaired) electrons. The number of sulfone groups is 1. The summed E-state index contributed by atoms with van der Waals surface area (Å²) in [5.41, 5.74) is 2.47. The van der Waals surface area contributed by atoms with E-state index in [0.717, 1.165) is 11.3 Å². The van der Waals surface area contributed by atoms with E-state index in [0.29, 0.717) is 23.1 Å². The topological polar surface area (TPSA) is 76.0 Å². The van der Waals surface area contributed by atoms with Gasteiger partial charge in [0.2, 0.25) is 0 Å². The maximum absolute atomic E-state index is 13.2. The second-order valence-electron chi connectivity index (χ2n) is 8.53. The van der Waals surface area contributed by atoms with Crippen LogP contribution in [0.4, 0.5) is 10.1 Å². The van der Waals surface area contributed by atoms with Crippen molar-refractivity contribution in [3.05, 3.63) is 95.8 Å². The van der Waals surface area contributed by atoms with Gasteiger partial charge >= 0.3 is 0 Å². The molecule has 2 aliphatic heterocycles. The van der Waals surface area contributed by atoms with E-state index in [1.54, 1.807) is 12.1 Å². The third kappa shape index (κ3) is 5.57. The number of ether oxygens (including phenoxy) is 1. The molecule has 2 heterocycles. The van der Waals surface area contributed by atoms with Crippen LogP contribution >= 0.6 is 11.8 Å². The van der Waals surface area contributed by atoms with Gasteiger partial charge in [-0.25, -0.2) is 12.8 Å². The van der Waals surface area contributed by atoms with E-state index in [1.807, 2.05) is 59.5 Å². The molecule has 35 heavy (non-hydrogen) atoms. The fourth-order valence-corrected chi connectivity index (χ4v) is 8.16. The number of benzene rings is 3. The number of fused-ring (bicyclic) bond motifs is 1. The Morgan fingerprint density at radius 1 is 0.971 bits per heavy atom. The molecule has 2 saturated heterocycles. The minimum atomic E-state index is -3.16. The Morgan fingerprint density at radius 3 is 2.40 bits per heavy atom. The minimum Gasteiger partial charge on any atom is -0.489 e. The smallest absolute Gasteiger partial charge is 0.252 e. The fourth-order valence-electron chi connectivity index (χ4n) is 4.23. The van der Waals surface area contributed by atoms with Crippen molar-refractivity contribution in [2.45, 2.75) is 24.3 Å². The van der Waals surface area contributed by atoms with E-state index in [9.17, 15) is 17.6 Å². The van der Waals surface area contributed by atoms with Crippen LogP contribution in [0.5, 0.6) is 5.75 Å². The Hall–Kier alpha value is -3.17. The zero-order valence-electron chi connectivity index (χ0n) is 18.7. The lowest BCUT2D eigenvalue weighted by molar-refractivity contribution is -0.117. The van der Waals surface area contributed by atoms with Crippen LogP contribution in [0.1, 0.15) is 11.1 Å². The maximum atomic E-state index is 13.2. The first-order valence-corrected chi connectivity index (χ1v) is 13.9. The van der Waals surface area contributed by atoms with Crippen molar-refractivity contribution in [1.29, 1.82) is 0 Å². The number of carbonyl (C=O) groups is 1. The van der Waals surface area contributed by atoms with E-state index in [1.165, 1.54) is 23.9 Å². The molecular weight excluding hydrogens is 487 g/mol. The number of halogens is 1. The van der Waals surface area contributed by atoms with Crippen molar-refractivity contribution in [2.24, 2.45) is 4.99 Å². The molecule has 6 nitrogen and oxygen atoms in total. The summed E-state index contributed by atoms with van der Waals surface area (Å²) in [6.45, 7) is 0.438. The van der Waals surface area contributed by atoms with Crippen molar-refractivity contribution in [3.8, 4) is 5.75 Å². The summed E-state index contributed by atoms with van der Waals surface area (Å²) >= 11 is 1.32. The molecule has 0 spiro atoms. The zero-order chi connectivity index (χ0) is 24.4. The Labute approximate surface area is 207 Å². The molecule has 5 rings (SSSR count). The summed E-state index contributed by atoms with van der Waals surface area (Å²) in [5, 5.41) is 0.298. The van der Waals surface area contributed by atoms with Gasteiger partial charge in [0.05, 0.1) is 24.0 Å². The highest BCUT2D eigenvalue weighted by Gasteiger charge is 2.49. The van der Waals surface area contributed by atoms with E-state index in [4.69, 9.17) is 4.74 Å². The molecule has 0 unspecified atom stereocenters. The van der Waals surface area contributed by atoms with Crippen molar-refractivity contribution in [3.63, 3.8) is 0 Å². The predicted octanol–water partition coefficient (Wildman–Crippen LogP) is 4.25. The SMILES string of the molecule is O=C(Cc1ccc(F)cc1)N=C1S[C@@H]2CS(=O)(=O)C[C@H]2N1c1ccc(OCc2ccccc2)cc1. The molecule has 3 aromatic carbocycles. The molecular formula is C26H23FN2O4S2. The lowest BCUT2D eigenvalue weighted by Crippen LogP contribution is -2.37. The molecule has 180 valence electrons. The van der Waals surface area contributed by atoms with Crippen LogP contribution in [0, 0.1) is 5.82 Å². The van der Waals surface area contributed by atoms with Crippen LogP contribution in [-0.2, 0) is 27.7 Å². The first kappa shape index (κ1) is 23.6. The van der Waals surface area contributed by atoms with Gasteiger partial charge in [-0.1, -0.05) is 54.2 Å². The number of thioether (sulfide) groups is 1. The molecule has 0 bridgehead atoms. The second kappa shape index (κ2) is 9.83. The largest absolute Gasteiger partial charge is 0.489 e. The lowest BCUT2D eigenvalue weighted by Gasteiger charge is -2.24. The van der Waals surface area contributed by atoms with Crippen molar-refractivity contribution < 1.29 is 22.3 Å². The number of hydrogen-bond donors (Lipinski definition) is 0. The summed E-state index contributed by atoms with van der Waals surface area (Å²) in [4.78, 5) is 18.9. The standard InChI is InChI=1S/C26H23FN2O4S2/c27-20-8-6-18(7-9-20)14-25(30)28-26-29(23-16-35(31,32)17-24(23)34-26)21-10-12-22(13-11-21)33-15-19-4-2-1-3-5-19/h1-13,23-24H,14-17H2/t23-,24-/m1/s1. The Bertz CT molecular complexity index is 1340. The van der Waals surface area contributed by atoms with Crippen molar-refractivity contribution in [2.75, 3.05) is 16.4 Å². The Kier molecular flexibility index (Phi) is 6.62. The van der Waals surface area contributed by atoms with Crippen LogP contribution in [0.25, 0.3) is 0 Å². The highest BCUT2D eigenvalue weighted by atomic mass is 32.2. The van der Waals surface area contributed by atoms with Crippen LogP contribution in [0.15, 0.2) is 83.9 Å². The van der Waals surface area contributed by atoms with Gasteiger partial charge in [-0.15, -0.1) is 0 Å². The quantitative estimate of drug-likeness (QED) is 0.494. The molecule has 3 aromatic rings. The predicted molar refractivity (Wildman–Crippen MR) is 136 cm³/mol. The summed E-state index contributed by atoms with van der Waals surface area (Å²) in [5.74, 6) is 0.0284. The molecule has 2 atom stereocenters. The number of hydrogen-bond acceptors (Lipinski definition) is 5. The number of amidine groups is 1. The third-order valence-electron chi connectivity index (χ3n) is 5.92. The third-order valence-corrected chi connectivity index (χ3v) is 9.13. The molecule has 0 N–H and O–H groups in total. The van der Waals surface area contributed by atoms with Crippen LogP contribution in [0.2, 0.25) is 0 Å². The number of anilines is 1. The van der Waals surface area contributed by atoms with Gasteiger partial charge in [-0.05, 0) is 47.5 Å². The highest BCUT2D eigenvalue weighted by molar-refractivity contribution is 8.16. The number of aliphatic imine (C=N–C) groups is 1. The Morgan fingerprint density at radius 2 is 1.69 bits per heavy atom. The van der Waals surface area contributed by atoms with Crippen LogP contribution in [0.3, 0.4) is 0 Å². The second-order valence-corrected chi connectivity index (χ2v) is 11.9. The van der Waals surface area contributed by atoms with E-state index in [-0.39, 0.29) is 40.9 Å². The van der Waals surface area contributed by atoms with E-state index >= 15 is 0 Å². The molecule has 0 aliphatic carbocycles. The first-order valence-electron chi connectivity index (χ1n) is 11.2. The highest BCUT2D eigenvalue weighted by Crippen LogP contribution is 2.41. The Balaban J connectivity index is 1.35. The lowest BCUT2D eigenvalue weighted by atomic mass is 10.1. The maximum Gasteiger partial charge on any atom is 0.252 e. The summed E-state index contributed by atoms with van der Waals surface area (Å²) in [7, 11) is -3.16. The average Bonchev–Trinajstić information content (AvgIpc) is 3.30. The van der Waals surface area contributed by atoms with Crippen LogP contribution in [-0.4, -0.2) is 42.3 Å². The van der Waals surface area contributed by atoms with Gasteiger partial charge in [0.1, 0.15) is 18.2 Å². The summed E-state index contributed by atoms with van der Waals surface area (Å²) < 4.78 is 43.6. The molecule has 2 fully saturated rings. The van der Waals surface area contributed by atoms with E-state index in [2.05, 4.69) is 4.99 Å². The van der Waals surface area contributed by atoms with Gasteiger partial charge in [0.15, 0.2) is 15.0 Å². The first-order chi connectivity index (χ1) is 16.9. The molecule has 1 amide bonds. The number of amides is 1. The van der Waals surface area contributed by atoms with Gasteiger partial charge in [-0.2, -0.15) is 4.99 Å². The normalized spacial score (nSPS) is 21.7. The van der Waals surface area contributed by atoms with Crippen molar-refractivity contribution in [1.82, 2.24) is 0 Å². The summed E-state index contributed by atoms with van der Waals surface area (Å²) in [6.07, 6.45) is 0.0398. The minimum absolute atomic E-state index is 0.0160. The summed E-state index contributed by atoms with van der Waals surface area (Å²) in [6, 6.07) is 22.7. The van der Waals surface area contributed by atoms with E-state index < -0.39 is 9.84 Å². The average molecular weight is 511 g/mol. The molecule has 0 saturated carbocycles. The zero-order valence-corrected chi connectivity index (χ0v) is 20.3. The van der Waals surface area contributed by atoms with Gasteiger partial charge < -0.3 is 9.64 Å². The number of rotatable bonds is 6. The molecule has 2 aliphatic rings. The van der Waals surface area contributed by atoms with Crippen LogP contribution < -0.4 is 9.64 Å². The van der Waals surface area contributed by atoms with Gasteiger partial charge in [-0.3, -0.25) is 4.79 Å². The van der Waals surface area contributed by atoms with Gasteiger partial charge in [0.25, 0.3) is 5.91 Å². The monoisotopic (exact) mass is 510 g/mol. The fraction of sp³-hybridized carbons (Fsp3) is 0.231. The molecule has 0 aromatic heterocycles. The van der Waals surface area contributed by atoms with Gasteiger partial charge in [0, 0.05) is 10.9 Å². The number of carbonyl (C=O) groups excluding carboxylic acids is 1.